The first-order valence-corrected chi connectivity index (χ1v) is 18.3. The summed E-state index contributed by atoms with van der Waals surface area (Å²) in [6, 6.07) is 17.4. The molecule has 5 aromatic rings. The maximum Gasteiger partial charge on any atom is 0.230 e. The number of benzene rings is 2. The summed E-state index contributed by atoms with van der Waals surface area (Å²) in [6.07, 6.45) is 14.2. The predicted molar refractivity (Wildman–Crippen MR) is 211 cm³/mol. The Labute approximate surface area is 312 Å². The molecule has 10 heteroatoms. The van der Waals surface area contributed by atoms with Crippen molar-refractivity contribution in [2.24, 2.45) is 5.92 Å². The third kappa shape index (κ3) is 8.60. The van der Waals surface area contributed by atoms with Gasteiger partial charge in [-0.25, -0.2) is 19.9 Å². The van der Waals surface area contributed by atoms with Crippen LogP contribution in [-0.2, 0) is 9.59 Å². The minimum Gasteiger partial charge on any atom is -0.340 e. The number of amides is 2. The van der Waals surface area contributed by atoms with E-state index < -0.39 is 0 Å². The van der Waals surface area contributed by atoms with Crippen molar-refractivity contribution in [2.45, 2.75) is 65.5 Å². The quantitative estimate of drug-likeness (QED) is 0.125. The Bertz CT molecular complexity index is 2030. The zero-order valence-electron chi connectivity index (χ0n) is 31.6. The summed E-state index contributed by atoms with van der Waals surface area (Å²) in [4.78, 5) is 55.5. The number of aromatic amines is 2. The molecule has 6 rings (SSSR count). The van der Waals surface area contributed by atoms with Crippen LogP contribution in [0.4, 0.5) is 0 Å². The Kier molecular flexibility index (Phi) is 12.7. The second-order valence-corrected chi connectivity index (χ2v) is 13.1. The summed E-state index contributed by atoms with van der Waals surface area (Å²) >= 11 is 0. The Morgan fingerprint density at radius 1 is 0.868 bits per heavy atom. The van der Waals surface area contributed by atoms with Gasteiger partial charge in [-0.1, -0.05) is 99.8 Å². The van der Waals surface area contributed by atoms with E-state index in [1.165, 1.54) is 0 Å². The molecule has 274 valence electrons. The van der Waals surface area contributed by atoms with Crippen LogP contribution in [0, 0.1) is 5.92 Å². The Morgan fingerprint density at radius 3 is 2.19 bits per heavy atom. The van der Waals surface area contributed by atoms with Crippen molar-refractivity contribution < 1.29 is 9.59 Å². The number of allylic oxidation sites excluding steroid dienone is 3. The van der Waals surface area contributed by atoms with Crippen molar-refractivity contribution in [3.05, 3.63) is 134 Å². The number of H-pyrrole nitrogens is 2. The van der Waals surface area contributed by atoms with E-state index in [9.17, 15) is 9.59 Å². The molecule has 10 nitrogen and oxygen atoms in total. The lowest BCUT2D eigenvalue weighted by atomic mass is 9.99. The molecule has 0 radical (unpaired) electrons. The topological polar surface area (TPSA) is 124 Å². The summed E-state index contributed by atoms with van der Waals surface area (Å²) in [5.41, 5.74) is 6.04. The highest BCUT2D eigenvalue weighted by Crippen LogP contribution is 2.34. The molecule has 4 atom stereocenters. The van der Waals surface area contributed by atoms with Gasteiger partial charge in [0.2, 0.25) is 11.8 Å². The number of hydrogen-bond acceptors (Lipinski definition) is 6. The van der Waals surface area contributed by atoms with Crippen molar-refractivity contribution >= 4 is 11.8 Å². The first-order valence-electron chi connectivity index (χ1n) is 18.3. The standard InChI is InChI=1S/C41H44N8O2.C2H6/c1-7-8-13-26(2)27(3)41(51)49-21-12-16-36(49)39-45-25-35(47-39)33-22-42-38(43-23-33)32-19-17-31(18-20-32)34-24-44-37(46-34)29(5)48(6)40(50)28(4)30-14-10-9-11-15-30;1-2/h7-11,13-15,17-20,22-25,27-29,36H,1-2,12,16,21H2,3-6H3,(H,44,46)(H,45,47);1-2H3/b13-8-;/t27-,28?,29+,36+;/m1./s1. The maximum atomic E-state index is 13.3. The number of nitrogens with zero attached hydrogens (tertiary/aromatic N) is 6. The van der Waals surface area contributed by atoms with Crippen LogP contribution < -0.4 is 0 Å². The van der Waals surface area contributed by atoms with Crippen LogP contribution in [0.2, 0.25) is 0 Å². The van der Waals surface area contributed by atoms with E-state index >= 15 is 0 Å². The lowest BCUT2D eigenvalue weighted by Gasteiger charge is -2.26. The summed E-state index contributed by atoms with van der Waals surface area (Å²) in [7, 11) is 1.82. The molecular formula is C43H50N8O2. The molecule has 0 saturated carbocycles. The first kappa shape index (κ1) is 38.3. The van der Waals surface area contributed by atoms with Crippen LogP contribution >= 0.6 is 0 Å². The fourth-order valence-electron chi connectivity index (χ4n) is 6.39. The van der Waals surface area contributed by atoms with Crippen molar-refractivity contribution in [3.8, 4) is 33.9 Å². The van der Waals surface area contributed by atoms with Crippen LogP contribution in [0.5, 0.6) is 0 Å². The van der Waals surface area contributed by atoms with Crippen LogP contribution in [0.15, 0.2) is 116 Å². The number of likely N-dealkylation sites (tertiary alicyclic amines) is 1. The summed E-state index contributed by atoms with van der Waals surface area (Å²) in [5, 5.41) is 0. The summed E-state index contributed by atoms with van der Waals surface area (Å²) in [5.74, 6) is 1.58. The number of carbonyl (C=O) groups is 2. The van der Waals surface area contributed by atoms with Crippen LogP contribution in [0.25, 0.3) is 33.9 Å². The van der Waals surface area contributed by atoms with E-state index in [1.807, 2.05) is 107 Å². The monoisotopic (exact) mass is 710 g/mol. The third-order valence-electron chi connectivity index (χ3n) is 9.83. The fraction of sp³-hybridized carbons (Fsp3) is 0.302. The molecule has 1 saturated heterocycles. The van der Waals surface area contributed by atoms with E-state index in [0.717, 1.165) is 63.7 Å². The van der Waals surface area contributed by atoms with E-state index in [2.05, 4.69) is 43.1 Å². The van der Waals surface area contributed by atoms with Crippen molar-refractivity contribution in [3.63, 3.8) is 0 Å². The molecule has 4 heterocycles. The number of rotatable bonds is 12. The number of nitrogens with one attached hydrogen (secondary N) is 2. The van der Waals surface area contributed by atoms with Gasteiger partial charge in [0.25, 0.3) is 0 Å². The Balaban J connectivity index is 0.00000266. The molecule has 1 unspecified atom stereocenters. The highest BCUT2D eigenvalue weighted by atomic mass is 16.2. The highest BCUT2D eigenvalue weighted by Gasteiger charge is 2.34. The van der Waals surface area contributed by atoms with Gasteiger partial charge in [0.1, 0.15) is 11.6 Å². The molecular weight excluding hydrogens is 661 g/mol. The van der Waals surface area contributed by atoms with E-state index in [1.54, 1.807) is 41.8 Å². The maximum absolute atomic E-state index is 13.3. The zero-order valence-corrected chi connectivity index (χ0v) is 31.6. The van der Waals surface area contributed by atoms with Crippen LogP contribution in [0.1, 0.15) is 82.7 Å². The molecule has 2 amide bonds. The number of carbonyl (C=O) groups excluding carboxylic acids is 2. The average molecular weight is 711 g/mol. The molecule has 2 aromatic carbocycles. The minimum atomic E-state index is -0.328. The second-order valence-electron chi connectivity index (χ2n) is 13.1. The van der Waals surface area contributed by atoms with Gasteiger partial charge >= 0.3 is 0 Å². The van der Waals surface area contributed by atoms with Gasteiger partial charge in [-0.15, -0.1) is 0 Å². The molecule has 0 spiro atoms. The lowest BCUT2D eigenvalue weighted by molar-refractivity contribution is -0.135. The molecule has 1 fully saturated rings. The number of likely N-dealkylation sites (N-methyl/N-ethyl adjacent to an activating group) is 1. The third-order valence-corrected chi connectivity index (χ3v) is 9.83. The van der Waals surface area contributed by atoms with Gasteiger partial charge in [0, 0.05) is 37.1 Å². The molecule has 1 aliphatic rings. The van der Waals surface area contributed by atoms with Gasteiger partial charge in [0.15, 0.2) is 5.82 Å². The predicted octanol–water partition coefficient (Wildman–Crippen LogP) is 8.87. The molecule has 3 aromatic heterocycles. The molecule has 0 aliphatic carbocycles. The highest BCUT2D eigenvalue weighted by molar-refractivity contribution is 5.83. The van der Waals surface area contributed by atoms with Gasteiger partial charge in [-0.3, -0.25) is 9.59 Å². The molecule has 53 heavy (non-hydrogen) atoms. The van der Waals surface area contributed by atoms with Gasteiger partial charge in [-0.05, 0) is 50.3 Å². The summed E-state index contributed by atoms with van der Waals surface area (Å²) in [6.45, 7) is 18.2. The molecule has 2 N–H and O–H groups in total. The van der Waals surface area contributed by atoms with Gasteiger partial charge in [-0.2, -0.15) is 0 Å². The van der Waals surface area contributed by atoms with Crippen LogP contribution in [-0.4, -0.2) is 65.1 Å². The fourth-order valence-corrected chi connectivity index (χ4v) is 6.39. The molecule has 1 aliphatic heterocycles. The Morgan fingerprint density at radius 2 is 1.51 bits per heavy atom. The molecule has 0 bridgehead atoms. The van der Waals surface area contributed by atoms with Crippen molar-refractivity contribution in [1.82, 2.24) is 39.7 Å². The second kappa shape index (κ2) is 17.5. The van der Waals surface area contributed by atoms with Gasteiger partial charge in [0.05, 0.1) is 47.7 Å². The zero-order chi connectivity index (χ0) is 38.1. The first-order chi connectivity index (χ1) is 25.7. The average Bonchev–Trinajstić information content (AvgIpc) is 4.01. The normalized spacial score (nSPS) is 15.7. The van der Waals surface area contributed by atoms with E-state index in [0.29, 0.717) is 12.4 Å². The number of hydrogen-bond donors (Lipinski definition) is 2. The smallest absolute Gasteiger partial charge is 0.230 e. The summed E-state index contributed by atoms with van der Waals surface area (Å²) < 4.78 is 0. The number of aromatic nitrogens is 6. The minimum absolute atomic E-state index is 0.0348. The van der Waals surface area contributed by atoms with Crippen molar-refractivity contribution in [2.75, 3.05) is 13.6 Å². The van der Waals surface area contributed by atoms with Crippen LogP contribution in [0.3, 0.4) is 0 Å². The number of imidazole rings is 2. The SMILES string of the molecule is C=C/C=C\C(=C)[C@@H](C)C(=O)N1CCC[C@H]1c1ncc(-c2cnc(-c3ccc(-c4cnc([C@H](C)N(C)C(=O)C(C)c5ccccc5)[nH]4)cc3)nc2)[nH]1.CC. The van der Waals surface area contributed by atoms with E-state index in [4.69, 9.17) is 0 Å². The Hall–Kier alpha value is -5.90. The van der Waals surface area contributed by atoms with Crippen molar-refractivity contribution in [1.29, 1.82) is 0 Å². The van der Waals surface area contributed by atoms with E-state index in [-0.39, 0.29) is 35.7 Å². The lowest BCUT2D eigenvalue weighted by Crippen LogP contribution is -2.35. The van der Waals surface area contributed by atoms with Gasteiger partial charge < -0.3 is 19.8 Å². The largest absolute Gasteiger partial charge is 0.340 e.